The van der Waals surface area contributed by atoms with Crippen LogP contribution < -0.4 is 5.32 Å². The zero-order chi connectivity index (χ0) is 20.3. The molecule has 144 valence electrons. The van der Waals surface area contributed by atoms with E-state index < -0.39 is 0 Å². The van der Waals surface area contributed by atoms with Crippen LogP contribution in [0, 0.1) is 6.92 Å². The van der Waals surface area contributed by atoms with Crippen LogP contribution in [0.15, 0.2) is 47.4 Å². The van der Waals surface area contributed by atoms with E-state index in [9.17, 15) is 14.4 Å². The van der Waals surface area contributed by atoms with E-state index in [1.54, 1.807) is 12.1 Å². The molecule has 2 aromatic carbocycles. The first-order chi connectivity index (χ1) is 13.3. The third-order valence-corrected chi connectivity index (χ3v) is 5.70. The van der Waals surface area contributed by atoms with Crippen molar-refractivity contribution in [3.8, 4) is 0 Å². The first kappa shape index (κ1) is 20.5. The quantitative estimate of drug-likeness (QED) is 0.688. The zero-order valence-electron chi connectivity index (χ0n) is 14.9. The zero-order valence-corrected chi connectivity index (χ0v) is 17.2. The van der Waals surface area contributed by atoms with E-state index >= 15 is 0 Å². The van der Waals surface area contributed by atoms with Crippen molar-refractivity contribution in [3.05, 3.63) is 74.1 Å². The van der Waals surface area contributed by atoms with Crippen LogP contribution in [0.25, 0.3) is 6.08 Å². The molecule has 1 heterocycles. The third kappa shape index (κ3) is 4.76. The number of hydrogen-bond acceptors (Lipinski definition) is 4. The van der Waals surface area contributed by atoms with Gasteiger partial charge in [-0.05, 0) is 48.5 Å². The maximum atomic E-state index is 12.5. The Labute approximate surface area is 176 Å². The van der Waals surface area contributed by atoms with E-state index in [0.29, 0.717) is 15.5 Å². The lowest BCUT2D eigenvalue weighted by molar-refractivity contribution is -0.122. The molecule has 0 radical (unpaired) electrons. The molecule has 5 nitrogen and oxygen atoms in total. The Balaban J connectivity index is 1.59. The van der Waals surface area contributed by atoms with Crippen molar-refractivity contribution < 1.29 is 14.4 Å². The van der Waals surface area contributed by atoms with Gasteiger partial charge in [0.25, 0.3) is 17.1 Å². The smallest absolute Gasteiger partial charge is 0.293 e. The summed E-state index contributed by atoms with van der Waals surface area (Å²) < 4.78 is 0. The number of carbonyl (C=O) groups excluding carboxylic acids is 3. The fourth-order valence-corrected chi connectivity index (χ4v) is 3.69. The second-order valence-corrected chi connectivity index (χ2v) is 7.94. The Morgan fingerprint density at radius 1 is 1.11 bits per heavy atom. The molecular weight excluding hydrogens is 419 g/mol. The number of halogens is 2. The maximum absolute atomic E-state index is 12.5. The molecule has 2 aromatic rings. The molecule has 3 amide bonds. The van der Waals surface area contributed by atoms with Crippen molar-refractivity contribution in [3.63, 3.8) is 0 Å². The fourth-order valence-electron chi connectivity index (χ4n) is 2.53. The van der Waals surface area contributed by atoms with Crippen molar-refractivity contribution in [1.82, 2.24) is 10.2 Å². The average molecular weight is 435 g/mol. The standard InChI is InChI=1S/C20H16Cl2N2O3S/c1-12-2-4-13(5-3-12)10-17-19(26)24(20(27)28-17)9-8-23-18(25)14-6-7-15(21)16(22)11-14/h2-7,10-11H,8-9H2,1H3,(H,23,25). The summed E-state index contributed by atoms with van der Waals surface area (Å²) in [6, 6.07) is 12.2. The van der Waals surface area contributed by atoms with Gasteiger partial charge in [0.2, 0.25) is 0 Å². The summed E-state index contributed by atoms with van der Waals surface area (Å²) >= 11 is 12.6. The van der Waals surface area contributed by atoms with Gasteiger partial charge in [-0.2, -0.15) is 0 Å². The van der Waals surface area contributed by atoms with Gasteiger partial charge in [-0.1, -0.05) is 53.0 Å². The van der Waals surface area contributed by atoms with Crippen LogP contribution in [0.2, 0.25) is 10.0 Å². The van der Waals surface area contributed by atoms with Crippen LogP contribution in [-0.4, -0.2) is 35.0 Å². The van der Waals surface area contributed by atoms with Gasteiger partial charge in [-0.15, -0.1) is 0 Å². The summed E-state index contributed by atoms with van der Waals surface area (Å²) in [5, 5.41) is 2.95. The highest BCUT2D eigenvalue weighted by Crippen LogP contribution is 2.32. The van der Waals surface area contributed by atoms with Gasteiger partial charge < -0.3 is 5.32 Å². The Morgan fingerprint density at radius 2 is 1.82 bits per heavy atom. The molecule has 0 bridgehead atoms. The van der Waals surface area contributed by atoms with E-state index in [1.165, 1.54) is 12.1 Å². The first-order valence-electron chi connectivity index (χ1n) is 8.40. The fraction of sp³-hybridized carbons (Fsp3) is 0.150. The van der Waals surface area contributed by atoms with E-state index in [1.807, 2.05) is 31.2 Å². The molecule has 1 saturated heterocycles. The lowest BCUT2D eigenvalue weighted by Crippen LogP contribution is -2.37. The minimum Gasteiger partial charge on any atom is -0.350 e. The molecule has 0 unspecified atom stereocenters. The number of nitrogens with one attached hydrogen (secondary N) is 1. The van der Waals surface area contributed by atoms with Crippen LogP contribution in [0.5, 0.6) is 0 Å². The Morgan fingerprint density at radius 3 is 2.50 bits per heavy atom. The van der Waals surface area contributed by atoms with Crippen molar-refractivity contribution in [2.75, 3.05) is 13.1 Å². The number of aryl methyl sites for hydroxylation is 1. The minimum absolute atomic E-state index is 0.0863. The number of thioether (sulfide) groups is 1. The van der Waals surface area contributed by atoms with Gasteiger partial charge in [0.1, 0.15) is 0 Å². The number of imide groups is 1. The highest BCUT2D eigenvalue weighted by molar-refractivity contribution is 8.18. The van der Waals surface area contributed by atoms with Crippen LogP contribution in [0.3, 0.4) is 0 Å². The molecule has 3 rings (SSSR count). The first-order valence-corrected chi connectivity index (χ1v) is 9.97. The van der Waals surface area contributed by atoms with Gasteiger partial charge >= 0.3 is 0 Å². The predicted molar refractivity (Wildman–Crippen MR) is 113 cm³/mol. The summed E-state index contributed by atoms with van der Waals surface area (Å²) in [6.07, 6.45) is 1.69. The van der Waals surface area contributed by atoms with E-state index in [0.717, 1.165) is 27.8 Å². The number of nitrogens with zero attached hydrogens (tertiary/aromatic N) is 1. The van der Waals surface area contributed by atoms with Crippen LogP contribution in [0.1, 0.15) is 21.5 Å². The molecule has 8 heteroatoms. The molecular formula is C20H16Cl2N2O3S. The van der Waals surface area contributed by atoms with Gasteiger partial charge in [-0.25, -0.2) is 0 Å². The monoisotopic (exact) mass is 434 g/mol. The summed E-state index contributed by atoms with van der Waals surface area (Å²) in [5.41, 5.74) is 2.31. The maximum Gasteiger partial charge on any atom is 0.293 e. The third-order valence-electron chi connectivity index (χ3n) is 4.05. The average Bonchev–Trinajstić information content (AvgIpc) is 2.93. The number of rotatable bonds is 5. The summed E-state index contributed by atoms with van der Waals surface area (Å²) in [5.74, 6) is -0.722. The molecule has 0 spiro atoms. The molecule has 1 fully saturated rings. The number of benzene rings is 2. The van der Waals surface area contributed by atoms with Crippen LogP contribution >= 0.6 is 35.0 Å². The van der Waals surface area contributed by atoms with Crippen molar-refractivity contribution in [2.45, 2.75) is 6.92 Å². The lowest BCUT2D eigenvalue weighted by atomic mass is 10.1. The largest absolute Gasteiger partial charge is 0.350 e. The molecule has 1 aliphatic rings. The second kappa shape index (κ2) is 8.82. The minimum atomic E-state index is -0.362. The molecule has 28 heavy (non-hydrogen) atoms. The Hall–Kier alpha value is -2.28. The van der Waals surface area contributed by atoms with Gasteiger partial charge in [-0.3, -0.25) is 19.3 Å². The summed E-state index contributed by atoms with van der Waals surface area (Å²) in [7, 11) is 0. The topological polar surface area (TPSA) is 66.5 Å². The van der Waals surface area contributed by atoms with Crippen molar-refractivity contribution in [1.29, 1.82) is 0 Å². The molecule has 0 saturated carbocycles. The summed E-state index contributed by atoms with van der Waals surface area (Å²) in [6.45, 7) is 2.20. The molecule has 1 N–H and O–H groups in total. The van der Waals surface area contributed by atoms with Gasteiger partial charge in [0.15, 0.2) is 0 Å². The van der Waals surface area contributed by atoms with E-state index in [2.05, 4.69) is 5.32 Å². The SMILES string of the molecule is Cc1ccc(C=C2SC(=O)N(CCNC(=O)c3ccc(Cl)c(Cl)c3)C2=O)cc1. The molecule has 0 aromatic heterocycles. The van der Waals surface area contributed by atoms with E-state index in [4.69, 9.17) is 23.2 Å². The van der Waals surface area contributed by atoms with Crippen molar-refractivity contribution in [2.24, 2.45) is 0 Å². The lowest BCUT2D eigenvalue weighted by Gasteiger charge is -2.13. The molecule has 0 aliphatic carbocycles. The van der Waals surface area contributed by atoms with Crippen LogP contribution in [-0.2, 0) is 4.79 Å². The number of carbonyl (C=O) groups is 3. The molecule has 0 atom stereocenters. The highest BCUT2D eigenvalue weighted by atomic mass is 35.5. The summed E-state index contributed by atoms with van der Waals surface area (Å²) in [4.78, 5) is 38.3. The van der Waals surface area contributed by atoms with E-state index in [-0.39, 0.29) is 35.2 Å². The van der Waals surface area contributed by atoms with Crippen LogP contribution in [0.4, 0.5) is 4.79 Å². The van der Waals surface area contributed by atoms with Crippen molar-refractivity contribution >= 4 is 58.1 Å². The Bertz CT molecular complexity index is 974. The number of amides is 3. The number of hydrogen-bond donors (Lipinski definition) is 1. The molecule has 1 aliphatic heterocycles. The van der Waals surface area contributed by atoms with Gasteiger partial charge in [0.05, 0.1) is 15.0 Å². The predicted octanol–water partition coefficient (Wildman–Crippen LogP) is 4.77. The van der Waals surface area contributed by atoms with Gasteiger partial charge in [0, 0.05) is 18.7 Å². The normalized spacial score (nSPS) is 15.4. The second-order valence-electron chi connectivity index (χ2n) is 6.13. The Kier molecular flexibility index (Phi) is 6.44. The highest BCUT2D eigenvalue weighted by Gasteiger charge is 2.34.